The van der Waals surface area contributed by atoms with Gasteiger partial charge in [0.25, 0.3) is 0 Å². The van der Waals surface area contributed by atoms with Gasteiger partial charge in [-0.05, 0) is 31.9 Å². The average Bonchev–Trinajstić information content (AvgIpc) is 2.20. The van der Waals surface area contributed by atoms with Gasteiger partial charge in [0.05, 0.1) is 6.61 Å². The first-order valence-electron chi connectivity index (χ1n) is 5.93. The van der Waals surface area contributed by atoms with E-state index in [2.05, 4.69) is 10.3 Å². The van der Waals surface area contributed by atoms with E-state index < -0.39 is 0 Å². The van der Waals surface area contributed by atoms with Crippen LogP contribution in [0.4, 0.5) is 5.82 Å². The second kappa shape index (κ2) is 5.70. The van der Waals surface area contributed by atoms with Crippen molar-refractivity contribution in [2.75, 3.05) is 18.9 Å². The lowest BCUT2D eigenvalue weighted by Gasteiger charge is -2.26. The molecule has 0 aliphatic heterocycles. The summed E-state index contributed by atoms with van der Waals surface area (Å²) in [6.45, 7) is 1.71. The molecule has 16 heavy (non-hydrogen) atoms. The maximum Gasteiger partial charge on any atom is 0.215 e. The number of nitrogens with one attached hydrogen (secondary N) is 1. The highest BCUT2D eigenvalue weighted by molar-refractivity contribution is 5.30. The highest BCUT2D eigenvalue weighted by Gasteiger charge is 2.15. The quantitative estimate of drug-likeness (QED) is 0.716. The molecule has 0 radical (unpaired) electrons. The van der Waals surface area contributed by atoms with Crippen molar-refractivity contribution in [3.05, 3.63) is 18.2 Å². The Hall–Kier alpha value is -1.29. The van der Waals surface area contributed by atoms with Gasteiger partial charge in [0.15, 0.2) is 0 Å². The monoisotopic (exact) mass is 221 g/mol. The molecule has 1 heterocycles. The van der Waals surface area contributed by atoms with Crippen LogP contribution in [0.15, 0.2) is 18.2 Å². The van der Waals surface area contributed by atoms with Gasteiger partial charge in [0, 0.05) is 12.1 Å². The number of nitrogen functional groups attached to an aromatic ring is 1. The Morgan fingerprint density at radius 2 is 2.31 bits per heavy atom. The molecule has 1 aromatic heterocycles. The van der Waals surface area contributed by atoms with Crippen LogP contribution in [0.1, 0.15) is 25.7 Å². The van der Waals surface area contributed by atoms with Gasteiger partial charge in [0.2, 0.25) is 5.88 Å². The molecule has 0 unspecified atom stereocenters. The maximum atomic E-state index is 5.55. The summed E-state index contributed by atoms with van der Waals surface area (Å²) in [5.41, 5.74) is 5.55. The molecule has 1 aromatic rings. The van der Waals surface area contributed by atoms with Gasteiger partial charge < -0.3 is 15.8 Å². The van der Waals surface area contributed by atoms with Crippen LogP contribution in [0, 0.1) is 0 Å². The molecule has 1 aliphatic rings. The minimum absolute atomic E-state index is 0.505. The van der Waals surface area contributed by atoms with Crippen LogP contribution < -0.4 is 15.8 Å². The summed E-state index contributed by atoms with van der Waals surface area (Å²) in [6, 6.07) is 6.19. The lowest BCUT2D eigenvalue weighted by molar-refractivity contribution is 0.281. The number of anilines is 1. The molecule has 0 atom stereocenters. The minimum atomic E-state index is 0.505. The topological polar surface area (TPSA) is 60.2 Å². The standard InChI is InChI=1S/C12H19N3O/c13-11-6-2-7-12(15-11)16-9-3-8-14-10-4-1-5-10/h2,6-7,10,14H,1,3-5,8-9H2,(H2,13,15). The second-order valence-corrected chi connectivity index (χ2v) is 4.18. The highest BCUT2D eigenvalue weighted by Crippen LogP contribution is 2.17. The fourth-order valence-corrected chi connectivity index (χ4v) is 1.68. The molecule has 1 aliphatic carbocycles. The molecule has 1 saturated carbocycles. The van der Waals surface area contributed by atoms with Crippen LogP contribution in [-0.4, -0.2) is 24.2 Å². The van der Waals surface area contributed by atoms with Crippen molar-refractivity contribution in [2.24, 2.45) is 0 Å². The van der Waals surface area contributed by atoms with Crippen molar-refractivity contribution >= 4 is 5.82 Å². The second-order valence-electron chi connectivity index (χ2n) is 4.18. The molecule has 0 aromatic carbocycles. The van der Waals surface area contributed by atoms with Gasteiger partial charge in [0.1, 0.15) is 5.82 Å². The van der Waals surface area contributed by atoms with Gasteiger partial charge in [-0.15, -0.1) is 0 Å². The molecule has 0 amide bonds. The molecule has 0 spiro atoms. The first-order chi connectivity index (χ1) is 7.84. The van der Waals surface area contributed by atoms with Crippen LogP contribution in [0.3, 0.4) is 0 Å². The van der Waals surface area contributed by atoms with Crippen molar-refractivity contribution < 1.29 is 4.74 Å². The summed E-state index contributed by atoms with van der Waals surface area (Å²) < 4.78 is 5.49. The number of nitrogens with zero attached hydrogens (tertiary/aromatic N) is 1. The fraction of sp³-hybridized carbons (Fsp3) is 0.583. The average molecular weight is 221 g/mol. The van der Waals surface area contributed by atoms with E-state index in [1.54, 1.807) is 6.07 Å². The normalized spacial score (nSPS) is 15.8. The number of rotatable bonds is 6. The first kappa shape index (κ1) is 11.2. The van der Waals surface area contributed by atoms with E-state index in [-0.39, 0.29) is 0 Å². The third-order valence-corrected chi connectivity index (χ3v) is 2.85. The Balaban J connectivity index is 1.56. The van der Waals surface area contributed by atoms with Gasteiger partial charge >= 0.3 is 0 Å². The SMILES string of the molecule is Nc1cccc(OCCCNC2CCC2)n1. The Morgan fingerprint density at radius 3 is 3.00 bits per heavy atom. The lowest BCUT2D eigenvalue weighted by Crippen LogP contribution is -2.36. The van der Waals surface area contributed by atoms with E-state index in [4.69, 9.17) is 10.5 Å². The molecular weight excluding hydrogens is 202 g/mol. The lowest BCUT2D eigenvalue weighted by atomic mass is 9.93. The molecule has 4 nitrogen and oxygen atoms in total. The number of aromatic nitrogens is 1. The van der Waals surface area contributed by atoms with Crippen molar-refractivity contribution in [1.82, 2.24) is 10.3 Å². The van der Waals surface area contributed by atoms with Crippen molar-refractivity contribution in [3.8, 4) is 5.88 Å². The molecule has 0 bridgehead atoms. The summed E-state index contributed by atoms with van der Waals surface area (Å²) in [6.07, 6.45) is 5.05. The number of ether oxygens (including phenoxy) is 1. The van der Waals surface area contributed by atoms with E-state index in [0.717, 1.165) is 19.0 Å². The van der Waals surface area contributed by atoms with Gasteiger partial charge in [-0.3, -0.25) is 0 Å². The zero-order chi connectivity index (χ0) is 11.2. The van der Waals surface area contributed by atoms with Crippen molar-refractivity contribution in [2.45, 2.75) is 31.7 Å². The third kappa shape index (κ3) is 3.38. The molecular formula is C12H19N3O. The summed E-state index contributed by atoms with van der Waals surface area (Å²) in [4.78, 5) is 4.07. The summed E-state index contributed by atoms with van der Waals surface area (Å²) in [5.74, 6) is 1.12. The van der Waals surface area contributed by atoms with Crippen LogP contribution in [0.5, 0.6) is 5.88 Å². The van der Waals surface area contributed by atoms with Crippen LogP contribution in [0.25, 0.3) is 0 Å². The van der Waals surface area contributed by atoms with E-state index in [1.807, 2.05) is 12.1 Å². The zero-order valence-corrected chi connectivity index (χ0v) is 9.48. The van der Waals surface area contributed by atoms with Crippen molar-refractivity contribution in [1.29, 1.82) is 0 Å². The predicted octanol–water partition coefficient (Wildman–Crippen LogP) is 1.57. The summed E-state index contributed by atoms with van der Waals surface area (Å²) in [5, 5.41) is 3.49. The first-order valence-corrected chi connectivity index (χ1v) is 5.93. The van der Waals surface area contributed by atoms with Crippen LogP contribution in [-0.2, 0) is 0 Å². The number of nitrogens with two attached hydrogens (primary N) is 1. The predicted molar refractivity (Wildman–Crippen MR) is 64.4 cm³/mol. The van der Waals surface area contributed by atoms with Gasteiger partial charge in [-0.1, -0.05) is 12.5 Å². The van der Waals surface area contributed by atoms with Gasteiger partial charge in [-0.25, -0.2) is 0 Å². The smallest absolute Gasteiger partial charge is 0.215 e. The Morgan fingerprint density at radius 1 is 1.44 bits per heavy atom. The molecule has 0 saturated heterocycles. The largest absolute Gasteiger partial charge is 0.478 e. The van der Waals surface area contributed by atoms with E-state index in [1.165, 1.54) is 19.3 Å². The maximum absolute atomic E-state index is 5.55. The summed E-state index contributed by atoms with van der Waals surface area (Å²) >= 11 is 0. The van der Waals surface area contributed by atoms with E-state index in [9.17, 15) is 0 Å². The minimum Gasteiger partial charge on any atom is -0.478 e. The molecule has 3 N–H and O–H groups in total. The van der Waals surface area contributed by atoms with Gasteiger partial charge in [-0.2, -0.15) is 4.98 Å². The number of pyridine rings is 1. The third-order valence-electron chi connectivity index (χ3n) is 2.85. The fourth-order valence-electron chi connectivity index (χ4n) is 1.68. The molecule has 2 rings (SSSR count). The van der Waals surface area contributed by atoms with E-state index in [0.29, 0.717) is 18.3 Å². The zero-order valence-electron chi connectivity index (χ0n) is 9.48. The van der Waals surface area contributed by atoms with Crippen LogP contribution in [0.2, 0.25) is 0 Å². The Labute approximate surface area is 96.2 Å². The molecule has 1 fully saturated rings. The molecule has 4 heteroatoms. The summed E-state index contributed by atoms with van der Waals surface area (Å²) in [7, 11) is 0. The molecule has 88 valence electrons. The number of hydrogen-bond donors (Lipinski definition) is 2. The highest BCUT2D eigenvalue weighted by atomic mass is 16.5. The Bertz CT molecular complexity index is 326. The van der Waals surface area contributed by atoms with Crippen molar-refractivity contribution in [3.63, 3.8) is 0 Å². The van der Waals surface area contributed by atoms with E-state index >= 15 is 0 Å². The Kier molecular flexibility index (Phi) is 3.99. The number of hydrogen-bond acceptors (Lipinski definition) is 4. The van der Waals surface area contributed by atoms with Crippen LogP contribution >= 0.6 is 0 Å².